The van der Waals surface area contributed by atoms with Gasteiger partial charge in [-0.1, -0.05) is 0 Å². The minimum atomic E-state index is -0.473. The molecule has 0 spiro atoms. The number of anilines is 1. The fraction of sp³-hybridized carbons (Fsp3) is 0.462. The number of nitrogens with zero attached hydrogens (tertiary/aromatic N) is 4. The van der Waals surface area contributed by atoms with Crippen LogP contribution in [-0.4, -0.2) is 60.3 Å². The number of isocyanates is 1. The first-order valence-corrected chi connectivity index (χ1v) is 6.60. The maximum Gasteiger partial charge on any atom is 0.294 e. The molecular formula is C13H16N4O4. The average Bonchev–Trinajstić information content (AvgIpc) is 2.49. The van der Waals surface area contributed by atoms with Crippen LogP contribution in [0.1, 0.15) is 0 Å². The molecule has 0 bridgehead atoms. The number of carbonyl (C=O) groups excluding carboxylic acids is 1. The van der Waals surface area contributed by atoms with Crippen LogP contribution in [0.3, 0.4) is 0 Å². The molecule has 0 unspecified atom stereocenters. The normalized spacial score (nSPS) is 15.6. The average molecular weight is 292 g/mol. The zero-order valence-corrected chi connectivity index (χ0v) is 11.4. The highest BCUT2D eigenvalue weighted by Gasteiger charge is 2.23. The third-order valence-electron chi connectivity index (χ3n) is 3.46. The zero-order chi connectivity index (χ0) is 15.2. The molecule has 1 heterocycles. The van der Waals surface area contributed by atoms with Crippen LogP contribution >= 0.6 is 0 Å². The van der Waals surface area contributed by atoms with Gasteiger partial charge in [0.15, 0.2) is 0 Å². The lowest BCUT2D eigenvalue weighted by Gasteiger charge is -2.35. The number of piperazine rings is 1. The highest BCUT2D eigenvalue weighted by atomic mass is 16.6. The first kappa shape index (κ1) is 15.1. The minimum absolute atomic E-state index is 0.0675. The topological polar surface area (TPSA) is 99.3 Å². The molecule has 0 aliphatic carbocycles. The monoisotopic (exact) mass is 292 g/mol. The number of aliphatic hydroxyl groups excluding tert-OH is 1. The number of hydrogen-bond acceptors (Lipinski definition) is 7. The first-order chi connectivity index (χ1) is 10.2. The summed E-state index contributed by atoms with van der Waals surface area (Å²) in [6.07, 6.45) is 1.38. The van der Waals surface area contributed by atoms with Gasteiger partial charge >= 0.3 is 0 Å². The van der Waals surface area contributed by atoms with Gasteiger partial charge in [-0.05, 0) is 12.1 Å². The Morgan fingerprint density at radius 2 is 2.05 bits per heavy atom. The molecule has 0 radical (unpaired) electrons. The van der Waals surface area contributed by atoms with E-state index in [-0.39, 0.29) is 18.0 Å². The van der Waals surface area contributed by atoms with Gasteiger partial charge in [0.05, 0.1) is 17.2 Å². The Morgan fingerprint density at radius 3 is 2.62 bits per heavy atom. The van der Waals surface area contributed by atoms with E-state index in [2.05, 4.69) is 9.89 Å². The standard InChI is InChI=1S/C13H16N4O4/c18-8-7-15-3-5-16(6-4-15)12-2-1-11(14-10-19)9-13(12)17(20)21/h1-2,9,18H,3-8H2. The van der Waals surface area contributed by atoms with Gasteiger partial charge in [-0.25, -0.2) is 4.79 Å². The summed E-state index contributed by atoms with van der Waals surface area (Å²) in [6, 6.07) is 4.45. The van der Waals surface area contributed by atoms with Crippen LogP contribution in [0.4, 0.5) is 17.1 Å². The van der Waals surface area contributed by atoms with Crippen molar-refractivity contribution in [3.63, 3.8) is 0 Å². The number of β-amino-alcohol motifs (C(OH)–C–C–N with tert-alkyl or cyclic N) is 1. The SMILES string of the molecule is O=C=Nc1ccc(N2CCN(CCO)CC2)c([N+](=O)[O-])c1. The number of aliphatic imine (C=N–C) groups is 1. The predicted octanol–water partition coefficient (Wildman–Crippen LogP) is 0.676. The van der Waals surface area contributed by atoms with E-state index in [4.69, 9.17) is 5.11 Å². The van der Waals surface area contributed by atoms with Gasteiger partial charge in [0, 0.05) is 38.8 Å². The summed E-state index contributed by atoms with van der Waals surface area (Å²) >= 11 is 0. The third-order valence-corrected chi connectivity index (χ3v) is 3.46. The van der Waals surface area contributed by atoms with Gasteiger partial charge in [0.25, 0.3) is 5.69 Å². The van der Waals surface area contributed by atoms with E-state index in [1.807, 2.05) is 4.90 Å². The van der Waals surface area contributed by atoms with Crippen LogP contribution in [0.5, 0.6) is 0 Å². The second kappa shape index (κ2) is 6.94. The van der Waals surface area contributed by atoms with E-state index in [1.165, 1.54) is 12.1 Å². The molecule has 8 nitrogen and oxygen atoms in total. The van der Waals surface area contributed by atoms with Crippen molar-refractivity contribution < 1.29 is 14.8 Å². The maximum absolute atomic E-state index is 11.2. The van der Waals surface area contributed by atoms with Crippen LogP contribution < -0.4 is 4.90 Å². The van der Waals surface area contributed by atoms with Crippen LogP contribution in [0.15, 0.2) is 23.2 Å². The molecule has 1 aromatic carbocycles. The maximum atomic E-state index is 11.2. The molecule has 21 heavy (non-hydrogen) atoms. The largest absolute Gasteiger partial charge is 0.395 e. The minimum Gasteiger partial charge on any atom is -0.395 e. The molecule has 0 atom stereocenters. The van der Waals surface area contributed by atoms with Crippen LogP contribution in [0.2, 0.25) is 0 Å². The third kappa shape index (κ3) is 3.63. The molecule has 8 heteroatoms. The number of nitro groups is 1. The summed E-state index contributed by atoms with van der Waals surface area (Å²) in [7, 11) is 0. The van der Waals surface area contributed by atoms with E-state index >= 15 is 0 Å². The molecule has 0 amide bonds. The van der Waals surface area contributed by atoms with Crippen molar-refractivity contribution in [3.8, 4) is 0 Å². The van der Waals surface area contributed by atoms with Gasteiger partial charge in [0.2, 0.25) is 6.08 Å². The number of hydrogen-bond donors (Lipinski definition) is 1. The van der Waals surface area contributed by atoms with Crippen LogP contribution in [0.25, 0.3) is 0 Å². The predicted molar refractivity (Wildman–Crippen MR) is 76.6 cm³/mol. The van der Waals surface area contributed by atoms with Crippen molar-refractivity contribution in [3.05, 3.63) is 28.3 Å². The molecule has 112 valence electrons. The molecule has 1 aliphatic heterocycles. The fourth-order valence-electron chi connectivity index (χ4n) is 2.40. The Balaban J connectivity index is 2.20. The van der Waals surface area contributed by atoms with Gasteiger partial charge < -0.3 is 10.0 Å². The Labute approximate surface area is 121 Å². The summed E-state index contributed by atoms with van der Waals surface area (Å²) in [4.78, 5) is 28.4. The van der Waals surface area contributed by atoms with Crippen LogP contribution in [0, 0.1) is 10.1 Å². The van der Waals surface area contributed by atoms with Crippen LogP contribution in [-0.2, 0) is 4.79 Å². The lowest BCUT2D eigenvalue weighted by molar-refractivity contribution is -0.384. The second-order valence-electron chi connectivity index (χ2n) is 4.69. The summed E-state index contributed by atoms with van der Waals surface area (Å²) in [5.41, 5.74) is 0.676. The summed E-state index contributed by atoms with van der Waals surface area (Å²) in [5.74, 6) is 0. The molecule has 1 aromatic rings. The first-order valence-electron chi connectivity index (χ1n) is 6.60. The molecule has 0 saturated carbocycles. The number of rotatable bonds is 5. The Morgan fingerprint density at radius 1 is 1.33 bits per heavy atom. The van der Waals surface area contributed by atoms with E-state index in [0.29, 0.717) is 25.3 Å². The lowest BCUT2D eigenvalue weighted by Crippen LogP contribution is -2.47. The second-order valence-corrected chi connectivity index (χ2v) is 4.69. The van der Waals surface area contributed by atoms with Gasteiger partial charge in [-0.15, -0.1) is 0 Å². The summed E-state index contributed by atoms with van der Waals surface area (Å²) in [6.45, 7) is 3.51. The molecule has 1 fully saturated rings. The molecule has 1 N–H and O–H groups in total. The molecule has 0 aromatic heterocycles. The number of benzene rings is 1. The number of aliphatic hydroxyl groups is 1. The quantitative estimate of drug-likeness (QED) is 0.371. The summed E-state index contributed by atoms with van der Waals surface area (Å²) < 4.78 is 0. The van der Waals surface area contributed by atoms with Gasteiger partial charge in [0.1, 0.15) is 5.69 Å². The highest BCUT2D eigenvalue weighted by Crippen LogP contribution is 2.32. The Bertz CT molecular complexity index is 563. The lowest BCUT2D eigenvalue weighted by atomic mass is 10.2. The van der Waals surface area contributed by atoms with Crippen molar-refractivity contribution in [2.24, 2.45) is 4.99 Å². The fourth-order valence-corrected chi connectivity index (χ4v) is 2.40. The van der Waals surface area contributed by atoms with Crippen molar-refractivity contribution in [1.29, 1.82) is 0 Å². The molecule has 1 saturated heterocycles. The molecular weight excluding hydrogens is 276 g/mol. The van der Waals surface area contributed by atoms with E-state index in [0.717, 1.165) is 13.1 Å². The summed E-state index contributed by atoms with van der Waals surface area (Å²) in [5, 5.41) is 20.1. The van der Waals surface area contributed by atoms with Crippen molar-refractivity contribution >= 4 is 23.1 Å². The van der Waals surface area contributed by atoms with Gasteiger partial charge in [-0.2, -0.15) is 4.99 Å². The Kier molecular flexibility index (Phi) is 4.99. The van der Waals surface area contributed by atoms with E-state index in [9.17, 15) is 14.9 Å². The molecule has 1 aliphatic rings. The van der Waals surface area contributed by atoms with Crippen molar-refractivity contribution in [2.45, 2.75) is 0 Å². The van der Waals surface area contributed by atoms with Crippen molar-refractivity contribution in [1.82, 2.24) is 4.90 Å². The molecule has 2 rings (SSSR count). The zero-order valence-electron chi connectivity index (χ0n) is 11.4. The number of nitro benzene ring substituents is 1. The van der Waals surface area contributed by atoms with E-state index in [1.54, 1.807) is 12.1 Å². The van der Waals surface area contributed by atoms with Gasteiger partial charge in [-0.3, -0.25) is 15.0 Å². The smallest absolute Gasteiger partial charge is 0.294 e. The van der Waals surface area contributed by atoms with E-state index < -0.39 is 4.92 Å². The highest BCUT2D eigenvalue weighted by molar-refractivity contribution is 5.69. The Hall–Kier alpha value is -2.28. The van der Waals surface area contributed by atoms with Crippen molar-refractivity contribution in [2.75, 3.05) is 44.2 Å².